The first-order valence-electron chi connectivity index (χ1n) is 9.01. The number of carbonyl (C=O) groups excluding carboxylic acids is 1. The molecule has 1 aliphatic rings. The lowest BCUT2D eigenvalue weighted by Crippen LogP contribution is -2.44. The Morgan fingerprint density at radius 1 is 1.27 bits per heavy atom. The average molecular weight is 377 g/mol. The van der Waals surface area contributed by atoms with E-state index in [0.29, 0.717) is 23.1 Å². The molecule has 1 aliphatic carbocycles. The summed E-state index contributed by atoms with van der Waals surface area (Å²) in [7, 11) is 0. The zero-order valence-electron chi connectivity index (χ0n) is 14.5. The number of carboxylic acid groups (broad SMARTS) is 1. The standard InChI is InChI=1S/C18H23N3O4S/c22-15(20-14-6-4-2-1-3-5-12(14)18(24)25)7-9-21-11-19-16-13(17(21)23)8-10-26-16/h8,10-12,14H,1-7,9H2,(H,20,22)(H,24,25). The number of aryl methyl sites for hydroxylation is 1. The molecule has 2 atom stereocenters. The molecule has 2 aromatic heterocycles. The molecule has 140 valence electrons. The maximum Gasteiger partial charge on any atom is 0.308 e. The van der Waals surface area contributed by atoms with Crippen LogP contribution < -0.4 is 10.9 Å². The normalized spacial score (nSPS) is 21.1. The number of fused-ring (bicyclic) bond motifs is 1. The van der Waals surface area contributed by atoms with Crippen molar-refractivity contribution in [1.29, 1.82) is 0 Å². The largest absolute Gasteiger partial charge is 0.481 e. The number of hydrogen-bond donors (Lipinski definition) is 2. The number of thiophene rings is 1. The second-order valence-electron chi connectivity index (χ2n) is 6.74. The summed E-state index contributed by atoms with van der Waals surface area (Å²) in [5, 5.41) is 14.7. The third kappa shape index (κ3) is 4.30. The smallest absolute Gasteiger partial charge is 0.308 e. The Hall–Kier alpha value is -2.22. The molecule has 1 fully saturated rings. The third-order valence-corrected chi connectivity index (χ3v) is 5.78. The number of rotatable bonds is 5. The maximum absolute atomic E-state index is 12.3. The van der Waals surface area contributed by atoms with Gasteiger partial charge in [0.1, 0.15) is 4.83 Å². The minimum Gasteiger partial charge on any atom is -0.481 e. The number of nitrogens with zero attached hydrogens (tertiary/aromatic N) is 2. The lowest BCUT2D eigenvalue weighted by molar-refractivity contribution is -0.143. The van der Waals surface area contributed by atoms with E-state index in [9.17, 15) is 19.5 Å². The molecule has 0 bridgehead atoms. The van der Waals surface area contributed by atoms with Crippen molar-refractivity contribution < 1.29 is 14.7 Å². The molecule has 0 aromatic carbocycles. The first kappa shape index (κ1) is 18.6. The number of aromatic nitrogens is 2. The van der Waals surface area contributed by atoms with Crippen LogP contribution in [0.15, 0.2) is 22.6 Å². The summed E-state index contributed by atoms with van der Waals surface area (Å²) >= 11 is 1.41. The van der Waals surface area contributed by atoms with Crippen molar-refractivity contribution in [3.63, 3.8) is 0 Å². The second-order valence-corrected chi connectivity index (χ2v) is 7.64. The lowest BCUT2D eigenvalue weighted by atomic mass is 9.86. The minimum absolute atomic E-state index is 0.125. The van der Waals surface area contributed by atoms with E-state index in [1.807, 2.05) is 5.38 Å². The molecule has 3 rings (SSSR count). The molecule has 0 radical (unpaired) electrons. The van der Waals surface area contributed by atoms with Crippen LogP contribution >= 0.6 is 11.3 Å². The van der Waals surface area contributed by atoms with E-state index in [2.05, 4.69) is 10.3 Å². The number of aliphatic carboxylic acids is 1. The van der Waals surface area contributed by atoms with Crippen molar-refractivity contribution in [2.24, 2.45) is 5.92 Å². The topological polar surface area (TPSA) is 101 Å². The molecule has 0 aliphatic heterocycles. The molecule has 2 unspecified atom stereocenters. The molecule has 1 amide bonds. The zero-order chi connectivity index (χ0) is 18.5. The van der Waals surface area contributed by atoms with Crippen LogP contribution in [0.2, 0.25) is 0 Å². The van der Waals surface area contributed by atoms with Gasteiger partial charge in [-0.05, 0) is 24.3 Å². The van der Waals surface area contributed by atoms with Crippen LogP contribution in [0.4, 0.5) is 0 Å². The first-order chi connectivity index (χ1) is 12.6. The summed E-state index contributed by atoms with van der Waals surface area (Å²) in [4.78, 5) is 41.1. The highest BCUT2D eigenvalue weighted by atomic mass is 32.1. The maximum atomic E-state index is 12.3. The monoisotopic (exact) mass is 377 g/mol. The highest BCUT2D eigenvalue weighted by Gasteiger charge is 2.29. The Bertz CT molecular complexity index is 844. The Kier molecular flexibility index (Phi) is 6.03. The van der Waals surface area contributed by atoms with Gasteiger partial charge in [0.05, 0.1) is 17.6 Å². The number of amides is 1. The molecule has 2 N–H and O–H groups in total. The SMILES string of the molecule is O=C(CCn1cnc2sccc2c1=O)NC1CCCCCCC1C(=O)O. The highest BCUT2D eigenvalue weighted by Crippen LogP contribution is 2.23. The van der Waals surface area contributed by atoms with E-state index in [0.717, 1.165) is 25.7 Å². The summed E-state index contributed by atoms with van der Waals surface area (Å²) in [6, 6.07) is 1.40. The molecule has 0 saturated heterocycles. The fourth-order valence-electron chi connectivity index (χ4n) is 3.51. The molecular formula is C18H23N3O4S. The summed E-state index contributed by atoms with van der Waals surface area (Å²) in [5.74, 6) is -1.61. The lowest BCUT2D eigenvalue weighted by Gasteiger charge is -2.27. The van der Waals surface area contributed by atoms with Crippen LogP contribution in [-0.4, -0.2) is 32.6 Å². The summed E-state index contributed by atoms with van der Waals surface area (Å²) in [6.45, 7) is 0.230. The molecule has 2 aromatic rings. The molecular weight excluding hydrogens is 354 g/mol. The average Bonchev–Trinajstić information content (AvgIpc) is 3.06. The van der Waals surface area contributed by atoms with Gasteiger partial charge in [0.25, 0.3) is 5.56 Å². The van der Waals surface area contributed by atoms with Crippen LogP contribution in [0.3, 0.4) is 0 Å². The van der Waals surface area contributed by atoms with Crippen molar-refractivity contribution in [2.75, 3.05) is 0 Å². The van der Waals surface area contributed by atoms with Gasteiger partial charge in [-0.3, -0.25) is 19.0 Å². The fraction of sp³-hybridized carbons (Fsp3) is 0.556. The summed E-state index contributed by atoms with van der Waals surface area (Å²) in [6.07, 6.45) is 6.79. The van der Waals surface area contributed by atoms with Gasteiger partial charge < -0.3 is 10.4 Å². The molecule has 26 heavy (non-hydrogen) atoms. The Labute approximate surface area is 155 Å². The van der Waals surface area contributed by atoms with Gasteiger partial charge in [0.2, 0.25) is 5.91 Å². The van der Waals surface area contributed by atoms with E-state index in [1.54, 1.807) is 6.07 Å². The quantitative estimate of drug-likeness (QED) is 0.833. The van der Waals surface area contributed by atoms with Gasteiger partial charge in [-0.25, -0.2) is 4.98 Å². The van der Waals surface area contributed by atoms with Crippen molar-refractivity contribution in [1.82, 2.24) is 14.9 Å². The number of hydrogen-bond acceptors (Lipinski definition) is 5. The number of carbonyl (C=O) groups is 2. The van der Waals surface area contributed by atoms with E-state index < -0.39 is 11.9 Å². The Morgan fingerprint density at radius 3 is 2.81 bits per heavy atom. The predicted octanol–water partition coefficient (Wildman–Crippen LogP) is 2.39. The first-order valence-corrected chi connectivity index (χ1v) is 9.89. The van der Waals surface area contributed by atoms with E-state index >= 15 is 0 Å². The third-order valence-electron chi connectivity index (χ3n) is 4.96. The molecule has 1 saturated carbocycles. The van der Waals surface area contributed by atoms with Crippen molar-refractivity contribution in [3.8, 4) is 0 Å². The van der Waals surface area contributed by atoms with Gasteiger partial charge >= 0.3 is 5.97 Å². The Morgan fingerprint density at radius 2 is 2.04 bits per heavy atom. The van der Waals surface area contributed by atoms with Gasteiger partial charge in [0.15, 0.2) is 0 Å². The number of nitrogens with one attached hydrogen (secondary N) is 1. The predicted molar refractivity (Wildman–Crippen MR) is 99.3 cm³/mol. The van der Waals surface area contributed by atoms with E-state index in [1.165, 1.54) is 22.2 Å². The van der Waals surface area contributed by atoms with Crippen molar-refractivity contribution in [3.05, 3.63) is 28.1 Å². The van der Waals surface area contributed by atoms with Crippen molar-refractivity contribution in [2.45, 2.75) is 57.5 Å². The van der Waals surface area contributed by atoms with Crippen LogP contribution in [0, 0.1) is 5.92 Å². The van der Waals surface area contributed by atoms with Gasteiger partial charge in [-0.1, -0.05) is 25.7 Å². The van der Waals surface area contributed by atoms with Crippen LogP contribution in [0.25, 0.3) is 10.2 Å². The fourth-order valence-corrected chi connectivity index (χ4v) is 4.23. The second kappa shape index (κ2) is 8.44. The molecule has 8 heteroatoms. The molecule has 0 spiro atoms. The Balaban J connectivity index is 1.62. The minimum atomic E-state index is -0.847. The molecule has 7 nitrogen and oxygen atoms in total. The van der Waals surface area contributed by atoms with Gasteiger partial charge in [0, 0.05) is 19.0 Å². The van der Waals surface area contributed by atoms with E-state index in [4.69, 9.17) is 0 Å². The van der Waals surface area contributed by atoms with Gasteiger partial charge in [-0.15, -0.1) is 11.3 Å². The van der Waals surface area contributed by atoms with Crippen LogP contribution in [0.1, 0.15) is 44.9 Å². The van der Waals surface area contributed by atoms with Crippen LogP contribution in [-0.2, 0) is 16.1 Å². The van der Waals surface area contributed by atoms with Crippen molar-refractivity contribution >= 4 is 33.4 Å². The zero-order valence-corrected chi connectivity index (χ0v) is 15.3. The molecule has 2 heterocycles. The van der Waals surface area contributed by atoms with Crippen LogP contribution in [0.5, 0.6) is 0 Å². The highest BCUT2D eigenvalue weighted by molar-refractivity contribution is 7.16. The number of carboxylic acids is 1. The van der Waals surface area contributed by atoms with E-state index in [-0.39, 0.29) is 30.5 Å². The summed E-state index contributed by atoms with van der Waals surface area (Å²) in [5.41, 5.74) is -0.154. The summed E-state index contributed by atoms with van der Waals surface area (Å²) < 4.78 is 1.43. The van der Waals surface area contributed by atoms with Gasteiger partial charge in [-0.2, -0.15) is 0 Å².